The maximum atomic E-state index is 12.8. The molecular weight excluding hydrogens is 376 g/mol. The SMILES string of the molecule is O=C(NCc1cccnc1)[C@H]1CCCN(C2CCN(C(=O)C3CCCCC3)CC2)C1. The number of nitrogens with zero attached hydrogens (tertiary/aromatic N) is 3. The Labute approximate surface area is 180 Å². The number of piperidine rings is 2. The zero-order chi connectivity index (χ0) is 20.8. The van der Waals surface area contributed by atoms with Gasteiger partial charge in [0.1, 0.15) is 0 Å². The van der Waals surface area contributed by atoms with E-state index in [9.17, 15) is 9.59 Å². The summed E-state index contributed by atoms with van der Waals surface area (Å²) in [6, 6.07) is 4.40. The van der Waals surface area contributed by atoms with E-state index in [1.807, 2.05) is 12.1 Å². The number of carbonyl (C=O) groups excluding carboxylic acids is 2. The summed E-state index contributed by atoms with van der Waals surface area (Å²) in [6.07, 6.45) is 13.6. The molecule has 1 aromatic rings. The van der Waals surface area contributed by atoms with Crippen LogP contribution in [0.15, 0.2) is 24.5 Å². The average molecular weight is 413 g/mol. The van der Waals surface area contributed by atoms with Crippen LogP contribution < -0.4 is 5.32 Å². The average Bonchev–Trinajstić information content (AvgIpc) is 2.83. The third-order valence-corrected chi connectivity index (χ3v) is 7.26. The molecular formula is C24H36N4O2. The van der Waals surface area contributed by atoms with Crippen molar-refractivity contribution in [1.82, 2.24) is 20.1 Å². The molecule has 1 atom stereocenters. The molecule has 30 heavy (non-hydrogen) atoms. The van der Waals surface area contributed by atoms with Gasteiger partial charge in [-0.15, -0.1) is 0 Å². The van der Waals surface area contributed by atoms with E-state index < -0.39 is 0 Å². The van der Waals surface area contributed by atoms with Crippen molar-refractivity contribution < 1.29 is 9.59 Å². The highest BCUT2D eigenvalue weighted by molar-refractivity contribution is 5.79. The number of hydrogen-bond acceptors (Lipinski definition) is 4. The van der Waals surface area contributed by atoms with Crippen LogP contribution in [-0.4, -0.2) is 58.8 Å². The molecule has 1 aromatic heterocycles. The molecule has 3 heterocycles. The molecule has 2 aliphatic heterocycles. The zero-order valence-electron chi connectivity index (χ0n) is 18.1. The van der Waals surface area contributed by atoms with Gasteiger partial charge in [0, 0.05) is 50.5 Å². The van der Waals surface area contributed by atoms with E-state index in [1.54, 1.807) is 12.4 Å². The molecule has 0 unspecified atom stereocenters. The predicted octanol–water partition coefficient (Wildman–Crippen LogP) is 2.98. The molecule has 0 bridgehead atoms. The lowest BCUT2D eigenvalue weighted by Gasteiger charge is -2.42. The number of pyridine rings is 1. The molecule has 1 aliphatic carbocycles. The number of likely N-dealkylation sites (tertiary alicyclic amines) is 2. The van der Waals surface area contributed by atoms with Gasteiger partial charge in [-0.25, -0.2) is 0 Å². The van der Waals surface area contributed by atoms with Crippen LogP contribution in [0.3, 0.4) is 0 Å². The van der Waals surface area contributed by atoms with Gasteiger partial charge in [0.25, 0.3) is 0 Å². The lowest BCUT2D eigenvalue weighted by Crippen LogP contribution is -2.52. The molecule has 0 aromatic carbocycles. The summed E-state index contributed by atoms with van der Waals surface area (Å²) in [6.45, 7) is 4.24. The van der Waals surface area contributed by atoms with E-state index in [-0.39, 0.29) is 17.7 Å². The third kappa shape index (κ3) is 5.39. The highest BCUT2D eigenvalue weighted by Gasteiger charge is 2.34. The van der Waals surface area contributed by atoms with Crippen LogP contribution in [0, 0.1) is 11.8 Å². The van der Waals surface area contributed by atoms with E-state index in [1.165, 1.54) is 19.3 Å². The number of amides is 2. The summed E-state index contributed by atoms with van der Waals surface area (Å²) >= 11 is 0. The maximum Gasteiger partial charge on any atom is 0.225 e. The smallest absolute Gasteiger partial charge is 0.225 e. The van der Waals surface area contributed by atoms with Crippen molar-refractivity contribution in [3.05, 3.63) is 30.1 Å². The van der Waals surface area contributed by atoms with Crippen LogP contribution in [0.4, 0.5) is 0 Å². The fraction of sp³-hybridized carbons (Fsp3) is 0.708. The topological polar surface area (TPSA) is 65.5 Å². The fourth-order valence-electron chi connectivity index (χ4n) is 5.45. The first-order chi connectivity index (χ1) is 14.7. The first kappa shape index (κ1) is 21.3. The number of aromatic nitrogens is 1. The molecule has 0 spiro atoms. The Morgan fingerprint density at radius 2 is 1.73 bits per heavy atom. The van der Waals surface area contributed by atoms with Crippen molar-refractivity contribution in [2.24, 2.45) is 11.8 Å². The Morgan fingerprint density at radius 1 is 0.967 bits per heavy atom. The minimum Gasteiger partial charge on any atom is -0.352 e. The van der Waals surface area contributed by atoms with Crippen molar-refractivity contribution in [1.29, 1.82) is 0 Å². The van der Waals surface area contributed by atoms with Gasteiger partial charge in [-0.1, -0.05) is 25.3 Å². The number of nitrogens with one attached hydrogen (secondary N) is 1. The van der Waals surface area contributed by atoms with Gasteiger partial charge in [-0.3, -0.25) is 19.5 Å². The largest absolute Gasteiger partial charge is 0.352 e. The second-order valence-corrected chi connectivity index (χ2v) is 9.30. The van der Waals surface area contributed by atoms with Gasteiger partial charge in [0.15, 0.2) is 0 Å². The first-order valence-corrected chi connectivity index (χ1v) is 11.9. The van der Waals surface area contributed by atoms with Crippen molar-refractivity contribution in [2.45, 2.75) is 70.4 Å². The van der Waals surface area contributed by atoms with E-state index >= 15 is 0 Å². The van der Waals surface area contributed by atoms with Gasteiger partial charge >= 0.3 is 0 Å². The van der Waals surface area contributed by atoms with Gasteiger partial charge in [0.05, 0.1) is 5.92 Å². The molecule has 2 saturated heterocycles. The molecule has 1 N–H and O–H groups in total. The molecule has 2 amide bonds. The number of rotatable bonds is 5. The second kappa shape index (κ2) is 10.4. The van der Waals surface area contributed by atoms with Gasteiger partial charge in [-0.05, 0) is 56.7 Å². The van der Waals surface area contributed by atoms with Crippen LogP contribution >= 0.6 is 0 Å². The Hall–Kier alpha value is -1.95. The van der Waals surface area contributed by atoms with Crippen molar-refractivity contribution in [3.8, 4) is 0 Å². The highest BCUT2D eigenvalue weighted by Crippen LogP contribution is 2.28. The summed E-state index contributed by atoms with van der Waals surface area (Å²) in [5.74, 6) is 0.906. The summed E-state index contributed by atoms with van der Waals surface area (Å²) in [5.41, 5.74) is 1.04. The molecule has 1 saturated carbocycles. The molecule has 0 radical (unpaired) electrons. The molecule has 4 rings (SSSR count). The minimum absolute atomic E-state index is 0.0670. The van der Waals surface area contributed by atoms with Crippen LogP contribution in [-0.2, 0) is 16.1 Å². The van der Waals surface area contributed by atoms with E-state index in [4.69, 9.17) is 0 Å². The van der Waals surface area contributed by atoms with E-state index in [2.05, 4.69) is 20.1 Å². The molecule has 6 nitrogen and oxygen atoms in total. The Kier molecular flexibility index (Phi) is 7.37. The lowest BCUT2D eigenvalue weighted by atomic mass is 9.87. The first-order valence-electron chi connectivity index (χ1n) is 11.9. The highest BCUT2D eigenvalue weighted by atomic mass is 16.2. The molecule has 6 heteroatoms. The summed E-state index contributed by atoms with van der Waals surface area (Å²) < 4.78 is 0. The van der Waals surface area contributed by atoms with Gasteiger partial charge in [0.2, 0.25) is 11.8 Å². The van der Waals surface area contributed by atoms with Gasteiger partial charge in [-0.2, -0.15) is 0 Å². The summed E-state index contributed by atoms with van der Waals surface area (Å²) in [5, 5.41) is 3.09. The standard InChI is InChI=1S/C24H36N4O2/c29-23(26-17-19-6-4-12-25-16-19)21-9-5-13-28(18-21)22-10-14-27(15-11-22)24(30)20-7-2-1-3-8-20/h4,6,12,16,20-22H,1-3,5,7-11,13-15,17-18H2,(H,26,29)/t21-/m0/s1. The van der Waals surface area contributed by atoms with Crippen LogP contribution in [0.1, 0.15) is 63.4 Å². The Balaban J connectivity index is 1.23. The second-order valence-electron chi connectivity index (χ2n) is 9.30. The number of carbonyl (C=O) groups is 2. The Bertz CT molecular complexity index is 696. The van der Waals surface area contributed by atoms with Crippen molar-refractivity contribution in [2.75, 3.05) is 26.2 Å². The van der Waals surface area contributed by atoms with Crippen molar-refractivity contribution >= 4 is 11.8 Å². The quantitative estimate of drug-likeness (QED) is 0.807. The fourth-order valence-corrected chi connectivity index (χ4v) is 5.45. The number of hydrogen-bond donors (Lipinski definition) is 1. The predicted molar refractivity (Wildman–Crippen MR) is 117 cm³/mol. The molecule has 3 fully saturated rings. The van der Waals surface area contributed by atoms with Crippen LogP contribution in [0.5, 0.6) is 0 Å². The summed E-state index contributed by atoms with van der Waals surface area (Å²) in [7, 11) is 0. The van der Waals surface area contributed by atoms with Crippen molar-refractivity contribution in [3.63, 3.8) is 0 Å². The monoisotopic (exact) mass is 412 g/mol. The zero-order valence-corrected chi connectivity index (χ0v) is 18.1. The van der Waals surface area contributed by atoms with E-state index in [0.29, 0.717) is 18.5 Å². The van der Waals surface area contributed by atoms with Crippen LogP contribution in [0.25, 0.3) is 0 Å². The maximum absolute atomic E-state index is 12.8. The van der Waals surface area contributed by atoms with Crippen LogP contribution in [0.2, 0.25) is 0 Å². The summed E-state index contributed by atoms with van der Waals surface area (Å²) in [4.78, 5) is 34.3. The Morgan fingerprint density at radius 3 is 2.47 bits per heavy atom. The molecule has 3 aliphatic rings. The third-order valence-electron chi connectivity index (χ3n) is 7.26. The lowest BCUT2D eigenvalue weighted by molar-refractivity contribution is -0.138. The minimum atomic E-state index is 0.0670. The van der Waals surface area contributed by atoms with E-state index in [0.717, 1.165) is 70.3 Å². The normalized spacial score (nSPS) is 24.5. The molecule has 164 valence electrons. The van der Waals surface area contributed by atoms with Gasteiger partial charge < -0.3 is 10.2 Å².